The van der Waals surface area contributed by atoms with Gasteiger partial charge in [-0.3, -0.25) is 0 Å². The van der Waals surface area contributed by atoms with Crippen molar-refractivity contribution in [2.24, 2.45) is 11.7 Å². The Balaban J connectivity index is 2.50. The maximum absolute atomic E-state index is 5.94. The normalized spacial score (nSPS) is 12.8. The average Bonchev–Trinajstić information content (AvgIpc) is 2.16. The molecule has 2 nitrogen and oxygen atoms in total. The van der Waals surface area contributed by atoms with Crippen LogP contribution >= 0.6 is 23.4 Å². The van der Waals surface area contributed by atoms with Gasteiger partial charge in [-0.2, -0.15) is 0 Å². The van der Waals surface area contributed by atoms with Gasteiger partial charge in [0.05, 0.1) is 5.02 Å². The van der Waals surface area contributed by atoms with E-state index < -0.39 is 0 Å². The van der Waals surface area contributed by atoms with E-state index in [1.54, 1.807) is 18.0 Å². The van der Waals surface area contributed by atoms with E-state index in [1.165, 1.54) is 0 Å². The summed E-state index contributed by atoms with van der Waals surface area (Å²) in [6.45, 7) is 2.82. The summed E-state index contributed by atoms with van der Waals surface area (Å²) in [5.74, 6) is 1.47. The zero-order valence-corrected chi connectivity index (χ0v) is 9.11. The molecule has 1 aromatic heterocycles. The molecule has 2 N–H and O–H groups in total. The minimum absolute atomic E-state index is 0.503. The van der Waals surface area contributed by atoms with Gasteiger partial charge in [-0.1, -0.05) is 18.5 Å². The second-order valence-corrected chi connectivity index (χ2v) is 4.36. The molecule has 1 heterocycles. The van der Waals surface area contributed by atoms with Crippen LogP contribution in [0.4, 0.5) is 0 Å². The summed E-state index contributed by atoms with van der Waals surface area (Å²) in [4.78, 5) is 4.17. The van der Waals surface area contributed by atoms with Crippen LogP contribution in [0.2, 0.25) is 5.02 Å². The van der Waals surface area contributed by atoms with Crippen LogP contribution < -0.4 is 5.73 Å². The number of nitrogens with two attached hydrogens (primary N) is 1. The van der Waals surface area contributed by atoms with E-state index in [0.717, 1.165) is 15.8 Å². The van der Waals surface area contributed by atoms with Gasteiger partial charge >= 0.3 is 0 Å². The fraction of sp³-hybridized carbons (Fsp3) is 0.444. The number of hydrogen-bond acceptors (Lipinski definition) is 3. The van der Waals surface area contributed by atoms with Gasteiger partial charge in [-0.15, -0.1) is 11.8 Å². The molecule has 0 radical (unpaired) electrons. The quantitative estimate of drug-likeness (QED) is 0.786. The lowest BCUT2D eigenvalue weighted by atomic mass is 10.2. The maximum atomic E-state index is 5.94. The van der Waals surface area contributed by atoms with Crippen LogP contribution in [0.3, 0.4) is 0 Å². The number of thioether (sulfide) groups is 1. The fourth-order valence-electron chi connectivity index (χ4n) is 0.767. The van der Waals surface area contributed by atoms with Gasteiger partial charge < -0.3 is 5.73 Å². The molecule has 0 spiro atoms. The van der Waals surface area contributed by atoms with E-state index >= 15 is 0 Å². The first-order chi connectivity index (χ1) is 6.24. The highest BCUT2D eigenvalue weighted by molar-refractivity contribution is 7.99. The largest absolute Gasteiger partial charge is 0.330 e. The number of rotatable bonds is 4. The van der Waals surface area contributed by atoms with Crippen LogP contribution in [0.25, 0.3) is 0 Å². The third-order valence-corrected chi connectivity index (χ3v) is 3.38. The van der Waals surface area contributed by atoms with Gasteiger partial charge in [0.1, 0.15) is 5.03 Å². The molecule has 13 heavy (non-hydrogen) atoms. The van der Waals surface area contributed by atoms with Crippen LogP contribution in [-0.4, -0.2) is 17.3 Å². The van der Waals surface area contributed by atoms with Gasteiger partial charge in [0, 0.05) is 11.9 Å². The van der Waals surface area contributed by atoms with Gasteiger partial charge in [0.25, 0.3) is 0 Å². The lowest BCUT2D eigenvalue weighted by molar-refractivity contribution is 0.675. The second-order valence-electron chi connectivity index (χ2n) is 2.94. The molecule has 72 valence electrons. The van der Waals surface area contributed by atoms with Crippen LogP contribution in [0.1, 0.15) is 6.92 Å². The molecule has 1 aromatic rings. The standard InChI is InChI=1S/C9H13ClN2S/c1-7(5-11)6-13-9-8(10)3-2-4-12-9/h2-4,7H,5-6,11H2,1H3. The van der Waals surface area contributed by atoms with Crippen molar-refractivity contribution in [1.82, 2.24) is 4.98 Å². The first kappa shape index (κ1) is 10.8. The smallest absolute Gasteiger partial charge is 0.115 e. The molecule has 0 amide bonds. The Bertz CT molecular complexity index is 268. The minimum Gasteiger partial charge on any atom is -0.330 e. The highest BCUT2D eigenvalue weighted by atomic mass is 35.5. The predicted molar refractivity (Wildman–Crippen MR) is 58.2 cm³/mol. The molecule has 0 saturated heterocycles. The zero-order valence-electron chi connectivity index (χ0n) is 7.53. The van der Waals surface area contributed by atoms with Crippen molar-refractivity contribution in [3.05, 3.63) is 23.4 Å². The Labute approximate surface area is 87.9 Å². The number of hydrogen-bond donors (Lipinski definition) is 1. The number of halogens is 1. The Morgan fingerprint density at radius 3 is 3.08 bits per heavy atom. The van der Waals surface area contributed by atoms with E-state index in [0.29, 0.717) is 12.5 Å². The molecule has 1 rings (SSSR count). The third-order valence-electron chi connectivity index (χ3n) is 1.63. The van der Waals surface area contributed by atoms with Crippen LogP contribution in [0, 0.1) is 5.92 Å². The summed E-state index contributed by atoms with van der Waals surface area (Å²) in [6, 6.07) is 3.68. The van der Waals surface area contributed by atoms with Gasteiger partial charge in [0.15, 0.2) is 0 Å². The second kappa shape index (κ2) is 5.47. The molecule has 4 heteroatoms. The highest BCUT2D eigenvalue weighted by Gasteiger charge is 2.04. The summed E-state index contributed by atoms with van der Waals surface area (Å²) < 4.78 is 0. The first-order valence-electron chi connectivity index (χ1n) is 4.17. The lowest BCUT2D eigenvalue weighted by Crippen LogP contribution is -2.12. The Kier molecular flexibility index (Phi) is 4.56. The summed E-state index contributed by atoms with van der Waals surface area (Å²) in [5, 5.41) is 1.61. The maximum Gasteiger partial charge on any atom is 0.115 e. The van der Waals surface area contributed by atoms with Crippen molar-refractivity contribution >= 4 is 23.4 Å². The molecule has 1 atom stereocenters. The highest BCUT2D eigenvalue weighted by Crippen LogP contribution is 2.25. The summed E-state index contributed by atoms with van der Waals surface area (Å²) in [5.41, 5.74) is 5.51. The molecule has 0 aromatic carbocycles. The van der Waals surface area contributed by atoms with Gasteiger partial charge in [-0.05, 0) is 24.6 Å². The minimum atomic E-state index is 0.503. The number of nitrogens with zero attached hydrogens (tertiary/aromatic N) is 1. The molecule has 0 saturated carbocycles. The lowest BCUT2D eigenvalue weighted by Gasteiger charge is -2.07. The molecule has 1 unspecified atom stereocenters. The van der Waals surface area contributed by atoms with Crippen LogP contribution in [-0.2, 0) is 0 Å². The van der Waals surface area contributed by atoms with Crippen LogP contribution in [0.5, 0.6) is 0 Å². The molecule has 0 aliphatic rings. The molecule has 0 bridgehead atoms. The Morgan fingerprint density at radius 2 is 2.46 bits per heavy atom. The van der Waals surface area contributed by atoms with E-state index in [-0.39, 0.29) is 0 Å². The monoisotopic (exact) mass is 216 g/mol. The van der Waals surface area contributed by atoms with Crippen molar-refractivity contribution in [2.75, 3.05) is 12.3 Å². The van der Waals surface area contributed by atoms with Crippen molar-refractivity contribution in [1.29, 1.82) is 0 Å². The molecule has 0 fully saturated rings. The van der Waals surface area contributed by atoms with Crippen molar-refractivity contribution in [3.63, 3.8) is 0 Å². The van der Waals surface area contributed by atoms with Crippen molar-refractivity contribution < 1.29 is 0 Å². The molecule has 0 aliphatic carbocycles. The summed E-state index contributed by atoms with van der Waals surface area (Å²) in [7, 11) is 0. The Hall–Kier alpha value is -0.250. The van der Waals surface area contributed by atoms with Gasteiger partial charge in [-0.25, -0.2) is 4.98 Å². The van der Waals surface area contributed by atoms with E-state index in [9.17, 15) is 0 Å². The van der Waals surface area contributed by atoms with Crippen LogP contribution in [0.15, 0.2) is 23.4 Å². The topological polar surface area (TPSA) is 38.9 Å². The summed E-state index contributed by atoms with van der Waals surface area (Å²) in [6.07, 6.45) is 1.75. The number of pyridine rings is 1. The zero-order chi connectivity index (χ0) is 9.68. The van der Waals surface area contributed by atoms with E-state index in [2.05, 4.69) is 11.9 Å². The van der Waals surface area contributed by atoms with Gasteiger partial charge in [0.2, 0.25) is 0 Å². The SMILES string of the molecule is CC(CN)CSc1ncccc1Cl. The Morgan fingerprint density at radius 1 is 1.69 bits per heavy atom. The van der Waals surface area contributed by atoms with E-state index in [4.69, 9.17) is 17.3 Å². The third kappa shape index (κ3) is 3.55. The molecule has 0 aliphatic heterocycles. The molecular weight excluding hydrogens is 204 g/mol. The predicted octanol–water partition coefficient (Wildman–Crippen LogP) is 2.42. The fourth-order valence-corrected chi connectivity index (χ4v) is 1.97. The van der Waals surface area contributed by atoms with Crippen molar-refractivity contribution in [3.8, 4) is 0 Å². The summed E-state index contributed by atoms with van der Waals surface area (Å²) >= 11 is 7.59. The van der Waals surface area contributed by atoms with Crippen molar-refractivity contribution in [2.45, 2.75) is 11.9 Å². The first-order valence-corrected chi connectivity index (χ1v) is 5.53. The molecular formula is C9H13ClN2S. The number of aromatic nitrogens is 1. The average molecular weight is 217 g/mol. The van der Waals surface area contributed by atoms with E-state index in [1.807, 2.05) is 12.1 Å².